The summed E-state index contributed by atoms with van der Waals surface area (Å²) < 4.78 is 23.7. The van der Waals surface area contributed by atoms with E-state index in [1.54, 1.807) is 30.0 Å². The first-order valence-corrected chi connectivity index (χ1v) is 10.9. The molecular weight excluding hydrogens is 435 g/mol. The van der Waals surface area contributed by atoms with E-state index >= 15 is 0 Å². The SMILES string of the molecule is COC(=O)c1cc(Cl)c(C)cc1OCC(=O)N1C[C@H](C)N(Cc2ccc(F)cc2)C[C@H]1C. The molecule has 2 aromatic rings. The molecule has 172 valence electrons. The Kier molecular flexibility index (Phi) is 7.74. The van der Waals surface area contributed by atoms with Crippen molar-refractivity contribution in [1.29, 1.82) is 0 Å². The van der Waals surface area contributed by atoms with Gasteiger partial charge in [-0.25, -0.2) is 9.18 Å². The van der Waals surface area contributed by atoms with Crippen LogP contribution in [0.4, 0.5) is 4.39 Å². The molecule has 0 spiro atoms. The monoisotopic (exact) mass is 462 g/mol. The van der Waals surface area contributed by atoms with E-state index in [1.165, 1.54) is 25.3 Å². The Morgan fingerprint density at radius 1 is 1.12 bits per heavy atom. The van der Waals surface area contributed by atoms with Crippen LogP contribution in [-0.2, 0) is 16.1 Å². The van der Waals surface area contributed by atoms with Crippen molar-refractivity contribution in [3.05, 3.63) is 63.9 Å². The minimum absolute atomic E-state index is 0.0187. The van der Waals surface area contributed by atoms with E-state index in [2.05, 4.69) is 11.8 Å². The van der Waals surface area contributed by atoms with Gasteiger partial charge in [0.25, 0.3) is 5.91 Å². The maximum Gasteiger partial charge on any atom is 0.341 e. The molecule has 0 radical (unpaired) electrons. The number of carbonyl (C=O) groups excluding carboxylic acids is 2. The van der Waals surface area contributed by atoms with Gasteiger partial charge in [0.2, 0.25) is 0 Å². The highest BCUT2D eigenvalue weighted by atomic mass is 35.5. The zero-order valence-corrected chi connectivity index (χ0v) is 19.5. The Bertz CT molecular complexity index is 983. The van der Waals surface area contributed by atoms with E-state index in [0.29, 0.717) is 24.7 Å². The first kappa shape index (κ1) is 24.0. The summed E-state index contributed by atoms with van der Waals surface area (Å²) >= 11 is 6.12. The molecule has 8 heteroatoms. The van der Waals surface area contributed by atoms with Crippen molar-refractivity contribution in [2.45, 2.75) is 39.4 Å². The van der Waals surface area contributed by atoms with Gasteiger partial charge >= 0.3 is 5.97 Å². The molecule has 32 heavy (non-hydrogen) atoms. The van der Waals surface area contributed by atoms with E-state index in [1.807, 2.05) is 6.92 Å². The molecule has 2 aromatic carbocycles. The Morgan fingerprint density at radius 3 is 2.47 bits per heavy atom. The second kappa shape index (κ2) is 10.3. The number of amides is 1. The van der Waals surface area contributed by atoms with Gasteiger partial charge in [0.15, 0.2) is 6.61 Å². The van der Waals surface area contributed by atoms with Crippen LogP contribution in [0.3, 0.4) is 0 Å². The van der Waals surface area contributed by atoms with E-state index in [0.717, 1.165) is 11.1 Å². The van der Waals surface area contributed by atoms with E-state index in [9.17, 15) is 14.0 Å². The van der Waals surface area contributed by atoms with E-state index < -0.39 is 5.97 Å². The molecule has 1 aliphatic rings. The van der Waals surface area contributed by atoms with Gasteiger partial charge in [-0.1, -0.05) is 23.7 Å². The Labute approximate surface area is 192 Å². The second-order valence-corrected chi connectivity index (χ2v) is 8.59. The number of ether oxygens (including phenoxy) is 2. The lowest BCUT2D eigenvalue weighted by Gasteiger charge is -2.44. The van der Waals surface area contributed by atoms with E-state index in [-0.39, 0.29) is 41.7 Å². The van der Waals surface area contributed by atoms with Crippen molar-refractivity contribution in [3.8, 4) is 5.75 Å². The molecule has 0 N–H and O–H groups in total. The number of rotatable bonds is 6. The topological polar surface area (TPSA) is 59.1 Å². The van der Waals surface area contributed by atoms with Crippen molar-refractivity contribution < 1.29 is 23.5 Å². The lowest BCUT2D eigenvalue weighted by molar-refractivity contribution is -0.139. The molecule has 0 unspecified atom stereocenters. The number of hydrogen-bond donors (Lipinski definition) is 0. The molecular formula is C24H28ClFN2O4. The lowest BCUT2D eigenvalue weighted by atomic mass is 10.1. The third-order valence-corrected chi connectivity index (χ3v) is 6.16. The largest absolute Gasteiger partial charge is 0.483 e. The summed E-state index contributed by atoms with van der Waals surface area (Å²) in [6, 6.07) is 9.72. The Hall–Kier alpha value is -2.64. The smallest absolute Gasteiger partial charge is 0.341 e. The number of nitrogens with zero attached hydrogens (tertiary/aromatic N) is 2. The normalized spacial score (nSPS) is 19.0. The van der Waals surface area contributed by atoms with Gasteiger partial charge in [0.05, 0.1) is 7.11 Å². The average Bonchev–Trinajstić information content (AvgIpc) is 2.77. The molecule has 0 saturated carbocycles. The third kappa shape index (κ3) is 5.58. The van der Waals surface area contributed by atoms with Crippen LogP contribution in [0.15, 0.2) is 36.4 Å². The van der Waals surface area contributed by atoms with Crippen LogP contribution < -0.4 is 4.74 Å². The number of esters is 1. The van der Waals surface area contributed by atoms with Gasteiger partial charge in [-0.05, 0) is 56.2 Å². The minimum Gasteiger partial charge on any atom is -0.483 e. The fourth-order valence-corrected chi connectivity index (χ4v) is 4.02. The van der Waals surface area contributed by atoms with Gasteiger partial charge in [0, 0.05) is 36.7 Å². The molecule has 6 nitrogen and oxygen atoms in total. The predicted octanol–water partition coefficient (Wildman–Crippen LogP) is 4.07. The van der Waals surface area contributed by atoms with Crippen molar-refractivity contribution in [3.63, 3.8) is 0 Å². The van der Waals surface area contributed by atoms with Gasteiger partial charge in [-0.3, -0.25) is 9.69 Å². The van der Waals surface area contributed by atoms with Crippen molar-refractivity contribution in [2.75, 3.05) is 26.8 Å². The Balaban J connectivity index is 1.63. The summed E-state index contributed by atoms with van der Waals surface area (Å²) in [6.07, 6.45) is 0. The van der Waals surface area contributed by atoms with Gasteiger partial charge in [-0.15, -0.1) is 0 Å². The third-order valence-electron chi connectivity index (χ3n) is 5.75. The van der Waals surface area contributed by atoms with Crippen LogP contribution in [0.1, 0.15) is 35.3 Å². The first-order valence-electron chi connectivity index (χ1n) is 10.5. The van der Waals surface area contributed by atoms with Crippen molar-refractivity contribution in [2.24, 2.45) is 0 Å². The summed E-state index contributed by atoms with van der Waals surface area (Å²) in [6.45, 7) is 7.59. The van der Waals surface area contributed by atoms with Crippen molar-refractivity contribution in [1.82, 2.24) is 9.80 Å². The van der Waals surface area contributed by atoms with Gasteiger partial charge < -0.3 is 14.4 Å². The van der Waals surface area contributed by atoms with Crippen molar-refractivity contribution >= 4 is 23.5 Å². The number of piperazine rings is 1. The van der Waals surface area contributed by atoms with Gasteiger partial charge in [0.1, 0.15) is 17.1 Å². The molecule has 0 aliphatic carbocycles. The highest BCUT2D eigenvalue weighted by Crippen LogP contribution is 2.28. The standard InChI is InChI=1S/C24H28ClFN2O4/c1-15-9-22(20(10-21(15)25)24(30)31-4)32-14-23(29)28-12-16(2)27(11-17(28)3)13-18-5-7-19(26)8-6-18/h5-10,16-17H,11-14H2,1-4H3/t16-,17+/m0/s1. The molecule has 0 aromatic heterocycles. The molecule has 1 heterocycles. The highest BCUT2D eigenvalue weighted by molar-refractivity contribution is 6.31. The van der Waals surface area contributed by atoms with Crippen LogP contribution in [0.5, 0.6) is 5.75 Å². The second-order valence-electron chi connectivity index (χ2n) is 8.18. The number of aryl methyl sites for hydroxylation is 1. The number of carbonyl (C=O) groups is 2. The number of hydrogen-bond acceptors (Lipinski definition) is 5. The first-order chi connectivity index (χ1) is 15.2. The van der Waals surface area contributed by atoms with Crippen LogP contribution >= 0.6 is 11.6 Å². The summed E-state index contributed by atoms with van der Waals surface area (Å²) in [5, 5.41) is 0.420. The van der Waals surface area contributed by atoms with E-state index in [4.69, 9.17) is 21.1 Å². The maximum atomic E-state index is 13.2. The molecule has 3 rings (SSSR count). The minimum atomic E-state index is -0.578. The highest BCUT2D eigenvalue weighted by Gasteiger charge is 2.32. The molecule has 1 fully saturated rings. The molecule has 0 bridgehead atoms. The molecule has 2 atom stereocenters. The molecule has 1 aliphatic heterocycles. The maximum absolute atomic E-state index is 13.2. The summed E-state index contributed by atoms with van der Waals surface area (Å²) in [7, 11) is 1.28. The summed E-state index contributed by atoms with van der Waals surface area (Å²) in [5.74, 6) is -0.723. The van der Waals surface area contributed by atoms with Crippen LogP contribution in [0, 0.1) is 12.7 Å². The summed E-state index contributed by atoms with van der Waals surface area (Å²) in [5.41, 5.74) is 1.95. The molecule has 1 amide bonds. The predicted molar refractivity (Wildman–Crippen MR) is 120 cm³/mol. The Morgan fingerprint density at radius 2 is 1.81 bits per heavy atom. The van der Waals surface area contributed by atoms with Crippen LogP contribution in [0.2, 0.25) is 5.02 Å². The number of benzene rings is 2. The quantitative estimate of drug-likeness (QED) is 0.605. The fourth-order valence-electron chi connectivity index (χ4n) is 3.86. The molecule has 1 saturated heterocycles. The average molecular weight is 463 g/mol. The summed E-state index contributed by atoms with van der Waals surface area (Å²) in [4.78, 5) is 29.1. The number of halogens is 2. The lowest BCUT2D eigenvalue weighted by Crippen LogP contribution is -2.58. The van der Waals surface area contributed by atoms with Crippen LogP contribution in [0.25, 0.3) is 0 Å². The van der Waals surface area contributed by atoms with Crippen LogP contribution in [-0.4, -0.2) is 60.6 Å². The zero-order chi connectivity index (χ0) is 23.4. The fraction of sp³-hybridized carbons (Fsp3) is 0.417. The number of methoxy groups -OCH3 is 1. The van der Waals surface area contributed by atoms with Gasteiger partial charge in [-0.2, -0.15) is 0 Å². The zero-order valence-electron chi connectivity index (χ0n) is 18.7.